The SMILES string of the molecule is Cc1c(C)c(C)c2c(c1C)NC(C)[Se]2. The molecule has 1 aliphatic heterocycles. The van der Waals surface area contributed by atoms with Crippen molar-refractivity contribution in [2.75, 3.05) is 5.32 Å². The Morgan fingerprint density at radius 1 is 0.929 bits per heavy atom. The third-order valence-corrected chi connectivity index (χ3v) is 5.83. The molecule has 1 unspecified atom stereocenters. The Morgan fingerprint density at radius 2 is 1.50 bits per heavy atom. The molecule has 1 aromatic rings. The maximum absolute atomic E-state index is 3.60. The van der Waals surface area contributed by atoms with Crippen LogP contribution in [0.4, 0.5) is 5.69 Å². The van der Waals surface area contributed by atoms with E-state index < -0.39 is 0 Å². The Labute approximate surface area is 92.4 Å². The molecule has 1 N–H and O–H groups in total. The van der Waals surface area contributed by atoms with Gasteiger partial charge in [0.25, 0.3) is 0 Å². The molecular weight excluding hydrogens is 237 g/mol. The number of nitrogens with one attached hydrogen (secondary N) is 1. The molecule has 2 heteroatoms. The van der Waals surface area contributed by atoms with Crippen molar-refractivity contribution in [1.29, 1.82) is 0 Å². The second kappa shape index (κ2) is 3.29. The first-order valence-corrected chi connectivity index (χ1v) is 6.90. The van der Waals surface area contributed by atoms with Crippen LogP contribution in [-0.2, 0) is 0 Å². The van der Waals surface area contributed by atoms with E-state index in [2.05, 4.69) is 39.9 Å². The summed E-state index contributed by atoms with van der Waals surface area (Å²) in [5, 5.41) is 3.60. The zero-order valence-corrected chi connectivity index (χ0v) is 11.2. The van der Waals surface area contributed by atoms with Crippen molar-refractivity contribution in [2.24, 2.45) is 0 Å². The van der Waals surface area contributed by atoms with Crippen LogP contribution >= 0.6 is 0 Å². The van der Waals surface area contributed by atoms with Gasteiger partial charge in [-0.25, -0.2) is 0 Å². The van der Waals surface area contributed by atoms with E-state index >= 15 is 0 Å². The number of anilines is 1. The van der Waals surface area contributed by atoms with E-state index in [4.69, 9.17) is 0 Å². The fourth-order valence-corrected chi connectivity index (χ4v) is 4.51. The molecule has 0 saturated carbocycles. The van der Waals surface area contributed by atoms with Crippen LogP contribution in [0.2, 0.25) is 0 Å². The Hall–Kier alpha value is -0.461. The first kappa shape index (κ1) is 10.1. The third-order valence-electron chi connectivity index (χ3n) is 3.27. The summed E-state index contributed by atoms with van der Waals surface area (Å²) >= 11 is 0.614. The normalized spacial score (nSPS) is 19.4. The molecule has 0 saturated heterocycles. The van der Waals surface area contributed by atoms with Crippen LogP contribution < -0.4 is 9.78 Å². The van der Waals surface area contributed by atoms with Crippen LogP contribution in [0.3, 0.4) is 0 Å². The van der Waals surface area contributed by atoms with Crippen molar-refractivity contribution < 1.29 is 0 Å². The number of hydrogen-bond donors (Lipinski definition) is 1. The van der Waals surface area contributed by atoms with Crippen molar-refractivity contribution >= 4 is 25.1 Å². The molecule has 76 valence electrons. The summed E-state index contributed by atoms with van der Waals surface area (Å²) in [5.74, 6) is 0. The molecule has 1 aromatic carbocycles. The second-order valence-corrected chi connectivity index (χ2v) is 6.94. The van der Waals surface area contributed by atoms with Crippen molar-refractivity contribution in [3.8, 4) is 0 Å². The molecule has 0 aromatic heterocycles. The van der Waals surface area contributed by atoms with E-state index in [9.17, 15) is 0 Å². The van der Waals surface area contributed by atoms with Gasteiger partial charge < -0.3 is 0 Å². The van der Waals surface area contributed by atoms with Gasteiger partial charge in [-0.2, -0.15) is 0 Å². The van der Waals surface area contributed by atoms with E-state index in [1.165, 1.54) is 27.9 Å². The van der Waals surface area contributed by atoms with Crippen LogP contribution in [0.25, 0.3) is 0 Å². The summed E-state index contributed by atoms with van der Waals surface area (Å²) in [5.41, 5.74) is 7.34. The van der Waals surface area contributed by atoms with E-state index in [-0.39, 0.29) is 0 Å². The average Bonchev–Trinajstić information content (AvgIpc) is 2.54. The van der Waals surface area contributed by atoms with Crippen LogP contribution in [0.15, 0.2) is 0 Å². The molecular formula is C12H17NSe. The molecule has 0 aliphatic carbocycles. The summed E-state index contributed by atoms with van der Waals surface area (Å²) in [6.07, 6.45) is 0. The molecule has 2 rings (SSSR count). The fourth-order valence-electron chi connectivity index (χ4n) is 2.01. The van der Waals surface area contributed by atoms with E-state index in [0.29, 0.717) is 19.9 Å². The fraction of sp³-hybridized carbons (Fsp3) is 0.500. The zero-order valence-electron chi connectivity index (χ0n) is 9.49. The number of hydrogen-bond acceptors (Lipinski definition) is 1. The number of rotatable bonds is 0. The Morgan fingerprint density at radius 3 is 2.14 bits per heavy atom. The van der Waals surface area contributed by atoms with Crippen molar-refractivity contribution in [3.63, 3.8) is 0 Å². The van der Waals surface area contributed by atoms with Crippen molar-refractivity contribution in [3.05, 3.63) is 22.3 Å². The van der Waals surface area contributed by atoms with Crippen LogP contribution in [0.5, 0.6) is 0 Å². The van der Waals surface area contributed by atoms with Gasteiger partial charge in [0, 0.05) is 0 Å². The summed E-state index contributed by atoms with van der Waals surface area (Å²) in [4.78, 5) is 0.663. The van der Waals surface area contributed by atoms with Gasteiger partial charge in [-0.05, 0) is 0 Å². The van der Waals surface area contributed by atoms with Crippen molar-refractivity contribution in [2.45, 2.75) is 39.6 Å². The van der Waals surface area contributed by atoms with Crippen LogP contribution in [0.1, 0.15) is 29.2 Å². The van der Waals surface area contributed by atoms with Gasteiger partial charge in [-0.1, -0.05) is 0 Å². The van der Waals surface area contributed by atoms with Crippen molar-refractivity contribution in [1.82, 2.24) is 0 Å². The topological polar surface area (TPSA) is 12.0 Å². The molecule has 0 amide bonds. The number of benzene rings is 1. The molecule has 0 radical (unpaired) electrons. The van der Waals surface area contributed by atoms with E-state index in [1.807, 2.05) is 0 Å². The summed E-state index contributed by atoms with van der Waals surface area (Å²) < 4.78 is 1.60. The van der Waals surface area contributed by atoms with Gasteiger partial charge >= 0.3 is 92.2 Å². The minimum absolute atomic E-state index is 0.614. The molecule has 1 heterocycles. The molecule has 14 heavy (non-hydrogen) atoms. The summed E-state index contributed by atoms with van der Waals surface area (Å²) in [6, 6.07) is 0. The quantitative estimate of drug-likeness (QED) is 0.698. The van der Waals surface area contributed by atoms with Gasteiger partial charge in [0.2, 0.25) is 0 Å². The van der Waals surface area contributed by atoms with Gasteiger partial charge in [0.15, 0.2) is 0 Å². The Kier molecular flexibility index (Phi) is 2.36. The van der Waals surface area contributed by atoms with E-state index in [0.717, 1.165) is 0 Å². The summed E-state index contributed by atoms with van der Waals surface area (Å²) in [7, 11) is 0. The maximum atomic E-state index is 3.60. The zero-order chi connectivity index (χ0) is 10.5. The Balaban J connectivity index is 2.70. The molecule has 0 fully saturated rings. The average molecular weight is 254 g/mol. The molecule has 0 spiro atoms. The van der Waals surface area contributed by atoms with Gasteiger partial charge in [0.05, 0.1) is 0 Å². The first-order chi connectivity index (χ1) is 6.52. The predicted molar refractivity (Wildman–Crippen MR) is 63.9 cm³/mol. The van der Waals surface area contributed by atoms with Gasteiger partial charge in [-0.15, -0.1) is 0 Å². The van der Waals surface area contributed by atoms with Gasteiger partial charge in [0.1, 0.15) is 0 Å². The number of fused-ring (bicyclic) bond motifs is 1. The first-order valence-electron chi connectivity index (χ1n) is 5.06. The predicted octanol–water partition coefficient (Wildman–Crippen LogP) is 2.02. The second-order valence-electron chi connectivity index (χ2n) is 4.11. The standard InChI is InChI=1S/C12H17NSe/c1-6-7(2)9(4)12-11(8(6)3)13-10(5)14-12/h10,13H,1-5H3. The molecule has 1 aliphatic rings. The van der Waals surface area contributed by atoms with Gasteiger partial charge in [-0.3, -0.25) is 0 Å². The minimum atomic E-state index is 0.614. The van der Waals surface area contributed by atoms with E-state index in [1.54, 1.807) is 4.46 Å². The van der Waals surface area contributed by atoms with Crippen LogP contribution in [-0.4, -0.2) is 19.9 Å². The summed E-state index contributed by atoms with van der Waals surface area (Å²) in [6.45, 7) is 11.3. The molecule has 0 bridgehead atoms. The molecule has 1 nitrogen and oxygen atoms in total. The Bertz CT molecular complexity index is 359. The monoisotopic (exact) mass is 255 g/mol. The molecule has 1 atom stereocenters. The third kappa shape index (κ3) is 1.29. The van der Waals surface area contributed by atoms with Crippen LogP contribution in [0, 0.1) is 27.7 Å².